The maximum absolute atomic E-state index is 9.39. The molecule has 0 radical (unpaired) electrons. The van der Waals surface area contributed by atoms with Crippen LogP contribution in [0.15, 0.2) is 12.2 Å². The largest absolute Gasteiger partial charge is 0.391 e. The first-order valence-electron chi connectivity index (χ1n) is 6.53. The van der Waals surface area contributed by atoms with E-state index in [2.05, 4.69) is 39.8 Å². The second-order valence-corrected chi connectivity index (χ2v) is 5.57. The van der Waals surface area contributed by atoms with Gasteiger partial charge >= 0.3 is 0 Å². The molecule has 1 aliphatic rings. The number of aliphatic hydroxyl groups is 1. The van der Waals surface area contributed by atoms with Gasteiger partial charge in [-0.2, -0.15) is 0 Å². The second-order valence-electron chi connectivity index (χ2n) is 5.57. The fraction of sp³-hybridized carbons (Fsp3) is 0.857. The molecule has 94 valence electrons. The van der Waals surface area contributed by atoms with Crippen molar-refractivity contribution in [2.45, 2.75) is 40.2 Å². The second kappa shape index (κ2) is 5.83. The molecule has 1 fully saturated rings. The van der Waals surface area contributed by atoms with Gasteiger partial charge in [0.15, 0.2) is 0 Å². The van der Waals surface area contributed by atoms with Gasteiger partial charge in [0.05, 0.1) is 6.10 Å². The van der Waals surface area contributed by atoms with Crippen LogP contribution in [0.4, 0.5) is 0 Å². The van der Waals surface area contributed by atoms with E-state index in [9.17, 15) is 5.11 Å². The molecule has 3 N–H and O–H groups in total. The number of rotatable bonds is 4. The summed E-state index contributed by atoms with van der Waals surface area (Å²) in [4.78, 5) is 0. The van der Waals surface area contributed by atoms with E-state index >= 15 is 0 Å². The highest BCUT2D eigenvalue weighted by molar-refractivity contribution is 5.01. The van der Waals surface area contributed by atoms with Crippen LogP contribution in [-0.2, 0) is 0 Å². The van der Waals surface area contributed by atoms with Crippen LogP contribution in [0.5, 0.6) is 0 Å². The van der Waals surface area contributed by atoms with Gasteiger partial charge in [-0.05, 0) is 36.0 Å². The molecular formula is C14H27NO. The Morgan fingerprint density at radius 2 is 1.56 bits per heavy atom. The van der Waals surface area contributed by atoms with E-state index in [1.54, 1.807) is 0 Å². The van der Waals surface area contributed by atoms with Gasteiger partial charge in [-0.3, -0.25) is 0 Å². The van der Waals surface area contributed by atoms with Gasteiger partial charge in [0.25, 0.3) is 0 Å². The summed E-state index contributed by atoms with van der Waals surface area (Å²) in [6.07, 6.45) is 4.72. The molecule has 5 unspecified atom stereocenters. The van der Waals surface area contributed by atoms with Crippen LogP contribution in [0.3, 0.4) is 0 Å². The molecule has 0 aromatic rings. The predicted molar refractivity (Wildman–Crippen MR) is 69.0 cm³/mol. The van der Waals surface area contributed by atoms with E-state index in [0.29, 0.717) is 18.9 Å². The molecule has 0 aromatic carbocycles. The van der Waals surface area contributed by atoms with Crippen molar-refractivity contribution in [3.8, 4) is 0 Å². The molecule has 5 atom stereocenters. The lowest BCUT2D eigenvalue weighted by atomic mass is 9.89. The first-order chi connectivity index (χ1) is 7.49. The Morgan fingerprint density at radius 1 is 1.06 bits per heavy atom. The molecule has 0 bridgehead atoms. The summed E-state index contributed by atoms with van der Waals surface area (Å²) in [5, 5.41) is 9.39. The third-order valence-electron chi connectivity index (χ3n) is 4.74. The van der Waals surface area contributed by atoms with Gasteiger partial charge in [0, 0.05) is 6.54 Å². The van der Waals surface area contributed by atoms with Crippen LogP contribution in [0, 0.1) is 29.6 Å². The number of hydrogen-bond donors (Lipinski definition) is 2. The molecule has 0 saturated heterocycles. The Kier molecular flexibility index (Phi) is 5.00. The Morgan fingerprint density at radius 3 is 2.00 bits per heavy atom. The van der Waals surface area contributed by atoms with Crippen molar-refractivity contribution >= 4 is 0 Å². The molecule has 0 aromatic heterocycles. The smallest absolute Gasteiger partial charge is 0.0696 e. The average molecular weight is 225 g/mol. The Bertz CT molecular complexity index is 225. The van der Waals surface area contributed by atoms with Crippen LogP contribution in [-0.4, -0.2) is 17.8 Å². The summed E-state index contributed by atoms with van der Waals surface area (Å²) in [5.74, 6) is 3.75. The first kappa shape index (κ1) is 13.7. The van der Waals surface area contributed by atoms with Crippen LogP contribution in [0.25, 0.3) is 0 Å². The maximum atomic E-state index is 9.39. The van der Waals surface area contributed by atoms with Crippen LogP contribution in [0.2, 0.25) is 0 Å². The van der Waals surface area contributed by atoms with E-state index in [4.69, 9.17) is 5.73 Å². The molecule has 0 amide bonds. The molecule has 0 heterocycles. The maximum Gasteiger partial charge on any atom is 0.0696 e. The zero-order valence-corrected chi connectivity index (χ0v) is 11.1. The number of hydrogen-bond acceptors (Lipinski definition) is 2. The summed E-state index contributed by atoms with van der Waals surface area (Å²) in [5.41, 5.74) is 5.38. The zero-order valence-electron chi connectivity index (χ0n) is 11.1. The molecule has 1 saturated carbocycles. The van der Waals surface area contributed by atoms with E-state index in [1.165, 1.54) is 0 Å². The zero-order chi connectivity index (χ0) is 12.3. The van der Waals surface area contributed by atoms with Gasteiger partial charge in [-0.1, -0.05) is 39.8 Å². The topological polar surface area (TPSA) is 46.2 Å². The van der Waals surface area contributed by atoms with E-state index in [0.717, 1.165) is 23.7 Å². The highest BCUT2D eigenvalue weighted by atomic mass is 16.3. The minimum absolute atomic E-state index is 0.354. The van der Waals surface area contributed by atoms with E-state index in [-0.39, 0.29) is 6.10 Å². The fourth-order valence-corrected chi connectivity index (χ4v) is 2.98. The average Bonchev–Trinajstić information content (AvgIpc) is 2.46. The Balaban J connectivity index is 2.54. The molecule has 16 heavy (non-hydrogen) atoms. The lowest BCUT2D eigenvalue weighted by Gasteiger charge is -2.17. The lowest BCUT2D eigenvalue weighted by Crippen LogP contribution is -2.18. The molecule has 0 aliphatic heterocycles. The molecular weight excluding hydrogens is 198 g/mol. The third kappa shape index (κ3) is 2.86. The standard InChI is InChI=1S/C14H27NO/c1-9-10(2)12(4)14(11(9)3)7-5-6-13(16)8-15/h5,7,9-14,16H,6,8,15H2,1-4H3/b7-5+. The van der Waals surface area contributed by atoms with Gasteiger partial charge in [0.2, 0.25) is 0 Å². The highest BCUT2D eigenvalue weighted by Crippen LogP contribution is 2.45. The quantitative estimate of drug-likeness (QED) is 0.722. The minimum atomic E-state index is -0.377. The van der Waals surface area contributed by atoms with Crippen molar-refractivity contribution < 1.29 is 5.11 Å². The van der Waals surface area contributed by atoms with Gasteiger partial charge in [0.1, 0.15) is 0 Å². The van der Waals surface area contributed by atoms with E-state index in [1.807, 2.05) is 0 Å². The molecule has 0 spiro atoms. The highest BCUT2D eigenvalue weighted by Gasteiger charge is 2.39. The van der Waals surface area contributed by atoms with Crippen molar-refractivity contribution in [3.05, 3.63) is 12.2 Å². The molecule has 2 heteroatoms. The predicted octanol–water partition coefficient (Wildman–Crippen LogP) is 2.43. The summed E-state index contributed by atoms with van der Waals surface area (Å²) in [6, 6.07) is 0. The molecule has 1 aliphatic carbocycles. The number of allylic oxidation sites excluding steroid dienone is 1. The van der Waals surface area contributed by atoms with Crippen molar-refractivity contribution in [1.29, 1.82) is 0 Å². The van der Waals surface area contributed by atoms with Gasteiger partial charge in [-0.25, -0.2) is 0 Å². The lowest BCUT2D eigenvalue weighted by molar-refractivity contribution is 0.186. The van der Waals surface area contributed by atoms with Crippen molar-refractivity contribution in [2.75, 3.05) is 6.54 Å². The number of nitrogens with two attached hydrogens (primary N) is 1. The van der Waals surface area contributed by atoms with Gasteiger partial charge < -0.3 is 10.8 Å². The van der Waals surface area contributed by atoms with Crippen molar-refractivity contribution in [1.82, 2.24) is 0 Å². The van der Waals surface area contributed by atoms with Crippen molar-refractivity contribution in [2.24, 2.45) is 35.3 Å². The first-order valence-corrected chi connectivity index (χ1v) is 6.53. The normalized spacial score (nSPS) is 41.8. The van der Waals surface area contributed by atoms with Crippen LogP contribution < -0.4 is 5.73 Å². The molecule has 1 rings (SSSR count). The summed E-state index contributed by atoms with van der Waals surface area (Å²) in [6.45, 7) is 9.76. The monoisotopic (exact) mass is 225 g/mol. The summed E-state index contributed by atoms with van der Waals surface area (Å²) < 4.78 is 0. The van der Waals surface area contributed by atoms with Gasteiger partial charge in [-0.15, -0.1) is 0 Å². The molecule has 2 nitrogen and oxygen atoms in total. The van der Waals surface area contributed by atoms with E-state index < -0.39 is 0 Å². The number of aliphatic hydroxyl groups excluding tert-OH is 1. The fourth-order valence-electron chi connectivity index (χ4n) is 2.98. The third-order valence-corrected chi connectivity index (χ3v) is 4.74. The van der Waals surface area contributed by atoms with Crippen molar-refractivity contribution in [3.63, 3.8) is 0 Å². The minimum Gasteiger partial charge on any atom is -0.391 e. The Labute approximate surface area is 99.9 Å². The SMILES string of the molecule is CC1C(C)C(C)C(/C=C/CC(O)CN)C1C. The summed E-state index contributed by atoms with van der Waals surface area (Å²) in [7, 11) is 0. The van der Waals surface area contributed by atoms with Crippen LogP contribution >= 0.6 is 0 Å². The summed E-state index contributed by atoms with van der Waals surface area (Å²) >= 11 is 0. The Hall–Kier alpha value is -0.340. The van der Waals surface area contributed by atoms with Crippen LogP contribution in [0.1, 0.15) is 34.1 Å².